The maximum atomic E-state index is 12.8. The number of hydrogen-bond acceptors (Lipinski definition) is 7. The Morgan fingerprint density at radius 2 is 1.18 bits per heavy atom. The Morgan fingerprint density at radius 3 is 1.71 bits per heavy atom. The van der Waals surface area contributed by atoms with Crippen LogP contribution in [0.1, 0.15) is 131 Å². The molecule has 3 saturated heterocycles. The molecule has 8 unspecified atom stereocenters. The topological polar surface area (TPSA) is 35.5 Å². The summed E-state index contributed by atoms with van der Waals surface area (Å²) in [5.74, 6) is 11.4. The van der Waals surface area contributed by atoms with Crippen LogP contribution in [0.4, 0.5) is 0 Å². The summed E-state index contributed by atoms with van der Waals surface area (Å²) in [6.07, 6.45) is 24.9. The van der Waals surface area contributed by atoms with Crippen LogP contribution in [0.15, 0.2) is 47.6 Å². The summed E-state index contributed by atoms with van der Waals surface area (Å²) in [5, 5.41) is 0. The Bertz CT molecular complexity index is 1580. The third-order valence-electron chi connectivity index (χ3n) is 17.5. The van der Waals surface area contributed by atoms with E-state index in [4.69, 9.17) is 16.1 Å². The molecule has 0 aromatic rings. The third-order valence-corrected chi connectivity index (χ3v) is 24.3. The Balaban J connectivity index is 0.000000151. The maximum Gasteiger partial charge on any atom is 0.174 e. The minimum atomic E-state index is -0.301. The second-order valence-electron chi connectivity index (χ2n) is 19.1. The van der Waals surface area contributed by atoms with E-state index in [1.807, 2.05) is 0 Å². The molecule has 10 atom stereocenters. The molecular weight excluding hydrogens is 753 g/mol. The van der Waals surface area contributed by atoms with E-state index in [1.54, 1.807) is 11.1 Å². The number of ether oxygens (including phenoxy) is 2. The summed E-state index contributed by atoms with van der Waals surface area (Å²) >= 11 is 8.81. The number of allylic oxidation sites excluding steroid dienone is 4. The van der Waals surface area contributed by atoms with Crippen molar-refractivity contribution in [2.24, 2.45) is 58.2 Å². The van der Waals surface area contributed by atoms with Crippen LogP contribution < -0.4 is 0 Å². The highest BCUT2D eigenvalue weighted by atomic mass is 32.2. The summed E-state index contributed by atoms with van der Waals surface area (Å²) < 4.78 is 13.6. The van der Waals surface area contributed by atoms with Crippen LogP contribution in [0, 0.1) is 58.2 Å². The van der Waals surface area contributed by atoms with E-state index in [9.17, 15) is 4.79 Å². The van der Waals surface area contributed by atoms with Crippen LogP contribution in [0.25, 0.3) is 0 Å². The summed E-state index contributed by atoms with van der Waals surface area (Å²) in [7, 11) is 0. The molecule has 0 aromatic carbocycles. The molecule has 11 rings (SSSR count). The molecule has 0 amide bonds. The van der Waals surface area contributed by atoms with Gasteiger partial charge < -0.3 is 9.47 Å². The van der Waals surface area contributed by atoms with Gasteiger partial charge in [0.05, 0.1) is 21.4 Å². The van der Waals surface area contributed by atoms with Crippen molar-refractivity contribution in [1.29, 1.82) is 0 Å². The normalized spacial score (nSPS) is 43.8. The number of hydrogen-bond donors (Lipinski definition) is 0. The van der Waals surface area contributed by atoms with Crippen molar-refractivity contribution in [3.8, 4) is 0 Å². The average Bonchev–Trinajstić information content (AvgIpc) is 4.03. The van der Waals surface area contributed by atoms with Crippen LogP contribution >= 0.6 is 47.0 Å². The van der Waals surface area contributed by atoms with Crippen LogP contribution in [-0.4, -0.2) is 56.0 Å². The van der Waals surface area contributed by atoms with E-state index in [0.717, 1.165) is 87.2 Å². The van der Waals surface area contributed by atoms with Gasteiger partial charge in [-0.05, 0) is 137 Å². The first-order valence-electron chi connectivity index (χ1n) is 21.9. The minimum Gasteiger partial charge on any atom is -0.347 e. The maximum absolute atomic E-state index is 12.8. The van der Waals surface area contributed by atoms with Crippen molar-refractivity contribution in [2.75, 3.05) is 36.2 Å². The van der Waals surface area contributed by atoms with Crippen LogP contribution in [0.3, 0.4) is 0 Å². The highest BCUT2D eigenvalue weighted by molar-refractivity contribution is 8.22. The number of carbonyl (C=O) groups excluding carboxylic acids is 1. The monoisotopic (exact) mass is 824 g/mol. The molecule has 3 nitrogen and oxygen atoms in total. The molecule has 6 saturated carbocycles. The molecule has 0 N–H and O–H groups in total. The van der Waals surface area contributed by atoms with E-state index in [0.29, 0.717) is 25.8 Å². The summed E-state index contributed by atoms with van der Waals surface area (Å²) in [4.78, 5) is 12.8. The second-order valence-corrected chi connectivity index (χ2v) is 25.3. The molecule has 8 aliphatic carbocycles. The SMILES string of the molecule is C.C.C=C1C[C@@]2(CC)C(CCC23OCCO3)C2CCC3=CC4(CCC3C12)SCCS4.C=C1C[C@]2(CC)C(=O)CCC2C2CCC3=CC4(CCC3C12)SCCS4. The fourth-order valence-corrected chi connectivity index (χ4v) is 21.9. The van der Waals surface area contributed by atoms with Gasteiger partial charge in [-0.2, -0.15) is 0 Å². The quantitative estimate of drug-likeness (QED) is 0.257. The fourth-order valence-electron chi connectivity index (χ4n) is 15.5. The van der Waals surface area contributed by atoms with Crippen molar-refractivity contribution in [3.05, 3.63) is 47.6 Å². The number of fused-ring (bicyclic) bond motifs is 11. The van der Waals surface area contributed by atoms with E-state index >= 15 is 0 Å². The zero-order valence-electron chi connectivity index (χ0n) is 32.6. The van der Waals surface area contributed by atoms with Gasteiger partial charge >= 0.3 is 0 Å². The first-order valence-corrected chi connectivity index (χ1v) is 25.8. The van der Waals surface area contributed by atoms with Crippen molar-refractivity contribution >= 4 is 52.8 Å². The number of Topliss-reactive ketones (excluding diaryl/α,β-unsaturated/α-hetero) is 1. The minimum absolute atomic E-state index is 0. The molecule has 3 aliphatic heterocycles. The van der Waals surface area contributed by atoms with Gasteiger partial charge in [0.1, 0.15) is 5.78 Å². The standard InChI is InChI=1S/C24H34O2S2.C22H30OS2.2CH4/c1-3-22-14-16(2)21-18-6-8-23(27-12-13-28-23)15-17(18)4-5-19(21)20(22)7-9-24(22)25-10-11-26-24;1-3-21-12-14(2)20-16-8-9-22(24-10-11-25-22)13-15(16)4-5-17(20)18(21)6-7-19(21)23;;/h15,18-21H,2-14H2,1H3;13,16-18,20H,2-12H2,1H3;2*1H4/t18?,19?,20?,21?,22-;16?,17?,18?,20?,21-;;/m00../s1. The molecule has 7 heteroatoms. The zero-order valence-corrected chi connectivity index (χ0v) is 35.9. The van der Waals surface area contributed by atoms with E-state index < -0.39 is 0 Å². The Labute approximate surface area is 352 Å². The average molecular weight is 825 g/mol. The zero-order chi connectivity index (χ0) is 36.2. The molecule has 306 valence electrons. The Morgan fingerprint density at radius 1 is 0.655 bits per heavy atom. The first-order chi connectivity index (χ1) is 25.7. The molecule has 55 heavy (non-hydrogen) atoms. The largest absolute Gasteiger partial charge is 0.347 e. The van der Waals surface area contributed by atoms with Gasteiger partial charge in [-0.25, -0.2) is 0 Å². The van der Waals surface area contributed by atoms with Gasteiger partial charge in [-0.3, -0.25) is 4.79 Å². The molecule has 11 aliphatic rings. The van der Waals surface area contributed by atoms with Gasteiger partial charge in [0.25, 0.3) is 0 Å². The van der Waals surface area contributed by atoms with Crippen molar-refractivity contribution in [1.82, 2.24) is 0 Å². The predicted molar refractivity (Wildman–Crippen MR) is 241 cm³/mol. The van der Waals surface area contributed by atoms with E-state index in [-0.39, 0.29) is 31.5 Å². The lowest BCUT2D eigenvalue weighted by Gasteiger charge is -2.57. The summed E-state index contributed by atoms with van der Waals surface area (Å²) in [6, 6.07) is 0. The lowest BCUT2D eigenvalue weighted by atomic mass is 9.49. The van der Waals surface area contributed by atoms with Gasteiger partial charge in [0.2, 0.25) is 0 Å². The second kappa shape index (κ2) is 15.4. The fraction of sp³-hybridized carbons (Fsp3) is 0.812. The third kappa shape index (κ3) is 6.22. The number of rotatable bonds is 2. The van der Waals surface area contributed by atoms with Crippen molar-refractivity contribution in [3.63, 3.8) is 0 Å². The van der Waals surface area contributed by atoms with E-state index in [1.165, 1.54) is 98.4 Å². The van der Waals surface area contributed by atoms with Gasteiger partial charge in [-0.15, -0.1) is 47.0 Å². The molecule has 0 radical (unpaired) electrons. The molecular formula is C48H72O3S4. The molecule has 3 heterocycles. The molecule has 9 fully saturated rings. The summed E-state index contributed by atoms with van der Waals surface area (Å²) in [6.45, 7) is 15.5. The first kappa shape index (κ1) is 41.7. The molecule has 0 aromatic heterocycles. The van der Waals surface area contributed by atoms with Crippen LogP contribution in [0.5, 0.6) is 0 Å². The highest BCUT2D eigenvalue weighted by Gasteiger charge is 2.68. The lowest BCUT2D eigenvalue weighted by Crippen LogP contribution is -2.55. The van der Waals surface area contributed by atoms with Crippen LogP contribution in [0.2, 0.25) is 0 Å². The Hall–Kier alpha value is -0.0500. The highest BCUT2D eigenvalue weighted by Crippen LogP contribution is 2.70. The summed E-state index contributed by atoms with van der Waals surface area (Å²) in [5.41, 5.74) is 6.64. The Kier molecular flexibility index (Phi) is 11.7. The van der Waals surface area contributed by atoms with Crippen molar-refractivity contribution < 1.29 is 14.3 Å². The molecule has 3 spiro atoms. The number of ketones is 1. The smallest absolute Gasteiger partial charge is 0.174 e. The van der Waals surface area contributed by atoms with Gasteiger partial charge in [0.15, 0.2) is 5.79 Å². The van der Waals surface area contributed by atoms with Crippen molar-refractivity contribution in [2.45, 2.75) is 145 Å². The number of thioether (sulfide) groups is 4. The van der Waals surface area contributed by atoms with Gasteiger partial charge in [0, 0.05) is 46.7 Å². The lowest BCUT2D eigenvalue weighted by molar-refractivity contribution is -0.242. The van der Waals surface area contributed by atoms with Gasteiger partial charge in [-0.1, -0.05) is 76.3 Å². The van der Waals surface area contributed by atoms with Crippen LogP contribution in [-0.2, 0) is 14.3 Å². The van der Waals surface area contributed by atoms with E-state index in [2.05, 4.69) is 79.6 Å². The number of carbonyl (C=O) groups is 1. The molecule has 0 bridgehead atoms. The predicted octanol–water partition coefficient (Wildman–Crippen LogP) is 13.2.